The van der Waals surface area contributed by atoms with Gasteiger partial charge in [0.2, 0.25) is 0 Å². The Labute approximate surface area is 152 Å². The van der Waals surface area contributed by atoms with Gasteiger partial charge in [-0.3, -0.25) is 9.59 Å². The van der Waals surface area contributed by atoms with Crippen molar-refractivity contribution in [1.29, 1.82) is 5.26 Å². The molecule has 26 heavy (non-hydrogen) atoms. The van der Waals surface area contributed by atoms with Crippen LogP contribution >= 0.6 is 0 Å². The number of ketones is 2. The van der Waals surface area contributed by atoms with E-state index in [0.717, 1.165) is 5.56 Å². The summed E-state index contributed by atoms with van der Waals surface area (Å²) in [5.41, 5.74) is 2.42. The molecule has 0 spiro atoms. The van der Waals surface area contributed by atoms with Crippen molar-refractivity contribution in [3.05, 3.63) is 107 Å². The van der Waals surface area contributed by atoms with Crippen molar-refractivity contribution in [2.45, 2.75) is 12.3 Å². The lowest BCUT2D eigenvalue weighted by atomic mass is 9.85. The highest BCUT2D eigenvalue weighted by Crippen LogP contribution is 2.26. The molecular weight excluding hydrogens is 322 g/mol. The minimum atomic E-state index is -0.585. The highest BCUT2D eigenvalue weighted by molar-refractivity contribution is 6.06. The second-order valence-corrected chi connectivity index (χ2v) is 6.01. The Kier molecular flexibility index (Phi) is 5.36. The lowest BCUT2D eigenvalue weighted by molar-refractivity contribution is 0.0893. The van der Waals surface area contributed by atoms with Gasteiger partial charge in [-0.05, 0) is 17.7 Å². The first-order valence-corrected chi connectivity index (χ1v) is 8.36. The van der Waals surface area contributed by atoms with Gasteiger partial charge >= 0.3 is 0 Å². The molecule has 0 aliphatic heterocycles. The van der Waals surface area contributed by atoms with E-state index in [-0.39, 0.29) is 18.0 Å². The molecule has 0 aliphatic rings. The number of hydrogen-bond acceptors (Lipinski definition) is 3. The van der Waals surface area contributed by atoms with Crippen LogP contribution in [0.2, 0.25) is 0 Å². The number of rotatable bonds is 6. The van der Waals surface area contributed by atoms with Crippen LogP contribution in [0, 0.1) is 11.3 Å². The van der Waals surface area contributed by atoms with E-state index < -0.39 is 5.92 Å². The van der Waals surface area contributed by atoms with Crippen LogP contribution in [-0.4, -0.2) is 11.6 Å². The average molecular weight is 339 g/mol. The summed E-state index contributed by atoms with van der Waals surface area (Å²) in [6.45, 7) is 0. The normalized spacial score (nSPS) is 11.3. The first-order valence-electron chi connectivity index (χ1n) is 8.36. The van der Waals surface area contributed by atoms with Gasteiger partial charge in [0.05, 0.1) is 17.6 Å². The zero-order valence-electron chi connectivity index (χ0n) is 14.1. The maximum absolute atomic E-state index is 13.0. The fourth-order valence-corrected chi connectivity index (χ4v) is 2.88. The first kappa shape index (κ1) is 17.3. The fraction of sp³-hybridized carbons (Fsp3) is 0.0870. The van der Waals surface area contributed by atoms with Crippen molar-refractivity contribution in [3.8, 4) is 6.07 Å². The van der Waals surface area contributed by atoms with Crippen molar-refractivity contribution in [2.24, 2.45) is 0 Å². The largest absolute Gasteiger partial charge is 0.294 e. The van der Waals surface area contributed by atoms with Gasteiger partial charge in [0.1, 0.15) is 0 Å². The van der Waals surface area contributed by atoms with E-state index in [1.807, 2.05) is 36.4 Å². The molecule has 3 nitrogen and oxygen atoms in total. The zero-order chi connectivity index (χ0) is 18.4. The molecule has 0 saturated heterocycles. The van der Waals surface area contributed by atoms with Crippen molar-refractivity contribution >= 4 is 11.6 Å². The summed E-state index contributed by atoms with van der Waals surface area (Å²) >= 11 is 0. The third-order valence-corrected chi connectivity index (χ3v) is 4.30. The summed E-state index contributed by atoms with van der Waals surface area (Å²) in [5.74, 6) is -0.762. The number of hydrogen-bond donors (Lipinski definition) is 0. The Morgan fingerprint density at radius 1 is 0.769 bits per heavy atom. The molecule has 0 saturated carbocycles. The van der Waals surface area contributed by atoms with Crippen LogP contribution in [0.5, 0.6) is 0 Å². The minimum Gasteiger partial charge on any atom is -0.294 e. The topological polar surface area (TPSA) is 57.9 Å². The average Bonchev–Trinajstić information content (AvgIpc) is 2.73. The summed E-state index contributed by atoms with van der Waals surface area (Å²) < 4.78 is 0. The Morgan fingerprint density at radius 2 is 1.31 bits per heavy atom. The summed E-state index contributed by atoms with van der Waals surface area (Å²) in [5, 5.41) is 8.98. The van der Waals surface area contributed by atoms with Crippen molar-refractivity contribution in [1.82, 2.24) is 0 Å². The molecule has 0 amide bonds. The van der Waals surface area contributed by atoms with Gasteiger partial charge in [0.15, 0.2) is 11.6 Å². The molecule has 3 aromatic carbocycles. The predicted molar refractivity (Wildman–Crippen MR) is 100 cm³/mol. The highest BCUT2D eigenvalue weighted by atomic mass is 16.1. The van der Waals surface area contributed by atoms with Crippen LogP contribution in [0.3, 0.4) is 0 Å². The van der Waals surface area contributed by atoms with E-state index in [9.17, 15) is 9.59 Å². The van der Waals surface area contributed by atoms with Crippen LogP contribution in [0.4, 0.5) is 0 Å². The first-order chi connectivity index (χ1) is 12.7. The van der Waals surface area contributed by atoms with Gasteiger partial charge in [0, 0.05) is 17.5 Å². The SMILES string of the molecule is N#Cc1ccc(C(CC(=O)c2ccccc2)C(=O)c2ccccc2)cc1. The highest BCUT2D eigenvalue weighted by Gasteiger charge is 2.25. The molecule has 1 unspecified atom stereocenters. The van der Waals surface area contributed by atoms with Crippen LogP contribution in [-0.2, 0) is 0 Å². The molecule has 0 radical (unpaired) electrons. The third kappa shape index (κ3) is 3.93. The number of benzene rings is 3. The molecule has 0 bridgehead atoms. The molecule has 0 heterocycles. The van der Waals surface area contributed by atoms with Gasteiger partial charge in [-0.25, -0.2) is 0 Å². The van der Waals surface area contributed by atoms with E-state index in [1.54, 1.807) is 48.5 Å². The second kappa shape index (κ2) is 8.04. The van der Waals surface area contributed by atoms with Gasteiger partial charge in [-0.2, -0.15) is 5.26 Å². The number of nitriles is 1. The lowest BCUT2D eigenvalue weighted by Gasteiger charge is -2.16. The third-order valence-electron chi connectivity index (χ3n) is 4.30. The Hall–Kier alpha value is -3.51. The summed E-state index contributed by atoms with van der Waals surface area (Å²) in [6, 6.07) is 26.9. The van der Waals surface area contributed by atoms with Gasteiger partial charge in [-0.1, -0.05) is 72.8 Å². The van der Waals surface area contributed by atoms with Crippen LogP contribution in [0.25, 0.3) is 0 Å². The Morgan fingerprint density at radius 3 is 1.85 bits per heavy atom. The van der Waals surface area contributed by atoms with E-state index in [2.05, 4.69) is 6.07 Å². The van der Waals surface area contributed by atoms with Crippen LogP contribution < -0.4 is 0 Å². The Bertz CT molecular complexity index is 939. The molecule has 0 N–H and O–H groups in total. The monoisotopic (exact) mass is 339 g/mol. The molecule has 0 fully saturated rings. The van der Waals surface area contributed by atoms with Crippen molar-refractivity contribution < 1.29 is 9.59 Å². The summed E-state index contributed by atoms with van der Waals surface area (Å²) in [6.07, 6.45) is 0.0869. The molecule has 1 atom stereocenters. The number of carbonyl (C=O) groups is 2. The van der Waals surface area contributed by atoms with E-state index in [0.29, 0.717) is 16.7 Å². The molecule has 3 rings (SSSR count). The van der Waals surface area contributed by atoms with Crippen LogP contribution in [0.1, 0.15) is 44.2 Å². The van der Waals surface area contributed by atoms with E-state index in [1.165, 1.54) is 0 Å². The molecule has 0 aliphatic carbocycles. The van der Waals surface area contributed by atoms with E-state index >= 15 is 0 Å². The second-order valence-electron chi connectivity index (χ2n) is 6.01. The molecule has 3 aromatic rings. The number of Topliss-reactive ketones (excluding diaryl/α,β-unsaturated/α-hetero) is 2. The fourth-order valence-electron chi connectivity index (χ4n) is 2.88. The smallest absolute Gasteiger partial charge is 0.170 e. The zero-order valence-corrected chi connectivity index (χ0v) is 14.1. The molecule has 0 aromatic heterocycles. The minimum absolute atomic E-state index is 0.0794. The van der Waals surface area contributed by atoms with Gasteiger partial charge in [-0.15, -0.1) is 0 Å². The Balaban J connectivity index is 1.94. The van der Waals surface area contributed by atoms with Gasteiger partial charge in [0.25, 0.3) is 0 Å². The quantitative estimate of drug-likeness (QED) is 0.606. The molecule has 3 heteroatoms. The predicted octanol–water partition coefficient (Wildman–Crippen LogP) is 4.80. The lowest BCUT2D eigenvalue weighted by Crippen LogP contribution is -2.17. The maximum Gasteiger partial charge on any atom is 0.170 e. The van der Waals surface area contributed by atoms with E-state index in [4.69, 9.17) is 5.26 Å². The van der Waals surface area contributed by atoms with Gasteiger partial charge < -0.3 is 0 Å². The van der Waals surface area contributed by atoms with Crippen LogP contribution in [0.15, 0.2) is 84.9 Å². The molecular formula is C23H17NO2. The number of nitrogens with zero attached hydrogens (tertiary/aromatic N) is 1. The maximum atomic E-state index is 13.0. The summed E-state index contributed by atoms with van der Waals surface area (Å²) in [4.78, 5) is 25.7. The van der Waals surface area contributed by atoms with Crippen molar-refractivity contribution in [3.63, 3.8) is 0 Å². The molecule has 126 valence electrons. The summed E-state index contributed by atoms with van der Waals surface area (Å²) in [7, 11) is 0. The number of carbonyl (C=O) groups excluding carboxylic acids is 2. The standard InChI is InChI=1S/C23H17NO2/c24-16-17-11-13-18(14-12-17)21(23(26)20-9-5-2-6-10-20)15-22(25)19-7-3-1-4-8-19/h1-14,21H,15H2. The van der Waals surface area contributed by atoms with Crippen molar-refractivity contribution in [2.75, 3.05) is 0 Å².